The van der Waals surface area contributed by atoms with Crippen LogP contribution in [0.1, 0.15) is 16.7 Å². The van der Waals surface area contributed by atoms with E-state index in [2.05, 4.69) is 166 Å². The van der Waals surface area contributed by atoms with Crippen LogP contribution in [-0.4, -0.2) is 31.0 Å². The molecule has 0 saturated carbocycles. The Balaban J connectivity index is 0.998. The van der Waals surface area contributed by atoms with E-state index < -0.39 is 5.41 Å². The van der Waals surface area contributed by atoms with Crippen LogP contribution in [0.2, 0.25) is 0 Å². The minimum absolute atomic E-state index is 0.587. The van der Waals surface area contributed by atoms with Crippen LogP contribution in [0.5, 0.6) is 0 Å². The molecule has 5 heteroatoms. The molecule has 1 aliphatic heterocycles. The molecular weight excluding hydrogens is 683 g/mol. The molecule has 0 amide bonds. The lowest BCUT2D eigenvalue weighted by Gasteiger charge is -2.26. The Kier molecular flexibility index (Phi) is 6.44. The number of allylic oxidation sites excluding steroid dienone is 2. The fourth-order valence-corrected chi connectivity index (χ4v) is 9.53. The molecule has 5 nitrogen and oxygen atoms in total. The summed E-state index contributed by atoms with van der Waals surface area (Å²) in [5.41, 5.74) is 16.7. The third-order valence-corrected chi connectivity index (χ3v) is 11.9. The minimum Gasteiger partial charge on any atom is -0.309 e. The number of hydrogen-bond acceptors (Lipinski definition) is 2. The average molecular weight is 715 g/mol. The highest BCUT2D eigenvalue weighted by Gasteiger charge is 2.54. The molecule has 2 aliphatic rings. The van der Waals surface area contributed by atoms with E-state index in [1.165, 1.54) is 55.2 Å². The average Bonchev–Trinajstić information content (AvgIpc) is 4.05. The molecule has 0 saturated heterocycles. The Bertz CT molecular complexity index is 3270. The predicted octanol–water partition coefficient (Wildman–Crippen LogP) is 10.8. The summed E-state index contributed by atoms with van der Waals surface area (Å²) in [6.45, 7) is 0. The van der Waals surface area contributed by atoms with Crippen LogP contribution in [0.3, 0.4) is 0 Å². The van der Waals surface area contributed by atoms with Gasteiger partial charge in [-0.05, 0) is 106 Å². The van der Waals surface area contributed by atoms with Crippen molar-refractivity contribution in [3.63, 3.8) is 0 Å². The van der Waals surface area contributed by atoms with Crippen LogP contribution in [0, 0.1) is 0 Å². The van der Waals surface area contributed by atoms with Gasteiger partial charge in [-0.2, -0.15) is 0 Å². The number of aromatic nitrogens is 4. The van der Waals surface area contributed by atoms with Crippen molar-refractivity contribution in [3.05, 3.63) is 205 Å². The van der Waals surface area contributed by atoms with Gasteiger partial charge in [-0.1, -0.05) is 95.7 Å². The van der Waals surface area contributed by atoms with Crippen LogP contribution in [0.25, 0.3) is 77.4 Å². The molecule has 6 aromatic carbocycles. The molecule has 56 heavy (non-hydrogen) atoms. The first kappa shape index (κ1) is 30.8. The lowest BCUT2D eigenvalue weighted by molar-refractivity contribution is 0.852. The van der Waals surface area contributed by atoms with Gasteiger partial charge >= 0.3 is 5.71 Å². The van der Waals surface area contributed by atoms with Crippen molar-refractivity contribution in [1.82, 2.24) is 23.8 Å². The van der Waals surface area contributed by atoms with E-state index >= 15 is 0 Å². The van der Waals surface area contributed by atoms with Crippen molar-refractivity contribution in [2.45, 2.75) is 5.41 Å². The van der Waals surface area contributed by atoms with Crippen molar-refractivity contribution < 1.29 is 0 Å². The van der Waals surface area contributed by atoms with E-state index in [1.807, 2.05) is 43.0 Å². The number of pyridine rings is 2. The zero-order valence-corrected chi connectivity index (χ0v) is 30.2. The van der Waals surface area contributed by atoms with Gasteiger partial charge in [0.2, 0.25) is 0 Å². The Hall–Kier alpha value is -7.59. The van der Waals surface area contributed by atoms with Crippen molar-refractivity contribution in [2.24, 2.45) is 0 Å². The first-order valence-electron chi connectivity index (χ1n) is 19.0. The van der Waals surface area contributed by atoms with Gasteiger partial charge in [-0.25, -0.2) is 0 Å². The van der Waals surface area contributed by atoms with E-state index in [1.54, 1.807) is 0 Å². The third-order valence-electron chi connectivity index (χ3n) is 11.9. The van der Waals surface area contributed by atoms with E-state index in [0.29, 0.717) is 0 Å². The van der Waals surface area contributed by atoms with Gasteiger partial charge in [0.1, 0.15) is 0 Å². The highest BCUT2D eigenvalue weighted by molar-refractivity contribution is 6.19. The second kappa shape index (κ2) is 11.7. The summed E-state index contributed by atoms with van der Waals surface area (Å²) >= 11 is 0. The first-order chi connectivity index (χ1) is 27.8. The summed E-state index contributed by atoms with van der Waals surface area (Å²) in [7, 11) is 0. The first-order valence-corrected chi connectivity index (χ1v) is 19.0. The molecule has 4 aromatic heterocycles. The second-order valence-corrected chi connectivity index (χ2v) is 14.6. The van der Waals surface area contributed by atoms with Gasteiger partial charge in [-0.3, -0.25) is 9.97 Å². The topological polar surface area (TPSA) is 49.7 Å². The van der Waals surface area contributed by atoms with E-state index in [4.69, 9.17) is 9.65 Å². The highest BCUT2D eigenvalue weighted by atomic mass is 15.0. The minimum atomic E-state index is -0.587. The maximum absolute atomic E-state index is 4.98. The number of benzene rings is 6. The zero-order chi connectivity index (χ0) is 36.8. The summed E-state index contributed by atoms with van der Waals surface area (Å²) in [6, 6.07) is 57.1. The maximum atomic E-state index is 4.98. The quantitative estimate of drug-likeness (QED) is 0.167. The fraction of sp³-hybridized carbons (Fsp3) is 0.0196. The molecule has 5 heterocycles. The molecule has 0 spiro atoms. The number of hydrogen-bond donors (Lipinski definition) is 0. The summed E-state index contributed by atoms with van der Waals surface area (Å²) in [5.74, 6) is 0. The second-order valence-electron chi connectivity index (χ2n) is 14.6. The SMILES string of the molecule is C1=CC(C2(c3cccnc3)c3ccccc3-c3cc4c(cc32)c2ccccc2n4-c2ccc(-c3ccc(-n4c5ccccc5c5ncccc54)cc3)cc2)=[N+]=C1. The Morgan fingerprint density at radius 1 is 0.500 bits per heavy atom. The van der Waals surface area contributed by atoms with Gasteiger partial charge in [0.05, 0.1) is 27.6 Å². The molecule has 1 atom stereocenters. The van der Waals surface area contributed by atoms with Gasteiger partial charge in [0.25, 0.3) is 6.21 Å². The summed E-state index contributed by atoms with van der Waals surface area (Å²) in [5, 5.41) is 3.59. The van der Waals surface area contributed by atoms with Crippen molar-refractivity contribution >= 4 is 55.7 Å². The molecule has 260 valence electrons. The molecule has 1 unspecified atom stereocenters. The highest BCUT2D eigenvalue weighted by Crippen LogP contribution is 2.55. The number of fused-ring (bicyclic) bond motifs is 9. The molecule has 0 bridgehead atoms. The van der Waals surface area contributed by atoms with E-state index in [9.17, 15) is 0 Å². The summed E-state index contributed by atoms with van der Waals surface area (Å²) in [4.78, 5) is 9.33. The molecule has 10 aromatic rings. The molecule has 0 fully saturated rings. The molecule has 1 aliphatic carbocycles. The van der Waals surface area contributed by atoms with Crippen LogP contribution >= 0.6 is 0 Å². The summed E-state index contributed by atoms with van der Waals surface area (Å²) < 4.78 is 9.70. The largest absolute Gasteiger partial charge is 0.323 e. The lowest BCUT2D eigenvalue weighted by Crippen LogP contribution is -2.36. The third kappa shape index (κ3) is 4.17. The standard InChI is InChI=1S/C51H32N5/c1-4-14-43-38(11-1)41-31-48-42(30-44(41)51(43,49-18-9-28-53-49)35-10-7-27-52-32-35)39-12-2-5-15-45(39)56(48)37-25-21-34(22-26-37)33-19-23-36(24-20-33)55-46-16-6-3-13-40(46)50-47(55)17-8-29-54-50/h1-32H/q+1. The fourth-order valence-electron chi connectivity index (χ4n) is 9.53. The van der Waals surface area contributed by atoms with Crippen molar-refractivity contribution in [3.8, 4) is 33.6 Å². The Morgan fingerprint density at radius 3 is 1.89 bits per heavy atom. The molecule has 12 rings (SSSR count). The van der Waals surface area contributed by atoms with Gasteiger partial charge in [0, 0.05) is 58.3 Å². The van der Waals surface area contributed by atoms with Crippen LogP contribution in [0.4, 0.5) is 0 Å². The normalized spacial score (nSPS) is 15.6. The maximum Gasteiger partial charge on any atom is 0.323 e. The number of rotatable bonds is 5. The van der Waals surface area contributed by atoms with Gasteiger partial charge in [-0.15, -0.1) is 0 Å². The lowest BCUT2D eigenvalue weighted by atomic mass is 9.69. The molecule has 0 radical (unpaired) electrons. The zero-order valence-electron chi connectivity index (χ0n) is 30.2. The van der Waals surface area contributed by atoms with Crippen LogP contribution < -0.4 is 4.67 Å². The molecular formula is C51H32N5+. The van der Waals surface area contributed by atoms with Crippen LogP contribution in [0.15, 0.2) is 188 Å². The van der Waals surface area contributed by atoms with Crippen molar-refractivity contribution in [1.29, 1.82) is 0 Å². The van der Waals surface area contributed by atoms with Gasteiger partial charge in [0.15, 0.2) is 5.41 Å². The van der Waals surface area contributed by atoms with E-state index in [0.717, 1.165) is 44.6 Å². The molecule has 0 N–H and O–H groups in total. The predicted molar refractivity (Wildman–Crippen MR) is 230 cm³/mol. The number of para-hydroxylation sites is 2. The van der Waals surface area contributed by atoms with Crippen molar-refractivity contribution in [2.75, 3.05) is 0 Å². The van der Waals surface area contributed by atoms with Crippen LogP contribution in [-0.2, 0) is 5.41 Å². The Morgan fingerprint density at radius 2 is 1.16 bits per heavy atom. The Labute approximate surface area is 322 Å². The summed E-state index contributed by atoms with van der Waals surface area (Å²) in [6.07, 6.45) is 11.8. The monoisotopic (exact) mass is 714 g/mol. The van der Waals surface area contributed by atoms with E-state index in [-0.39, 0.29) is 0 Å². The van der Waals surface area contributed by atoms with Gasteiger partial charge < -0.3 is 9.13 Å². The smallest absolute Gasteiger partial charge is 0.309 e. The number of nitrogens with zero attached hydrogens (tertiary/aromatic N) is 5.